The standard InChI is InChI=1S/C11H15FN2O/c12-10-5-3-7-14-11(10)15-8-9-4-1-2-6-13-9/h3,5,7,9,13H,1-2,4,6,8H2. The minimum absolute atomic E-state index is 0.102. The third-order valence-electron chi connectivity index (χ3n) is 2.56. The molecule has 1 aromatic heterocycles. The van der Waals surface area contributed by atoms with Crippen LogP contribution < -0.4 is 10.1 Å². The van der Waals surface area contributed by atoms with Crippen LogP contribution in [0.2, 0.25) is 0 Å². The Hall–Kier alpha value is -1.16. The number of hydrogen-bond acceptors (Lipinski definition) is 3. The van der Waals surface area contributed by atoms with E-state index in [1.807, 2.05) is 0 Å². The highest BCUT2D eigenvalue weighted by atomic mass is 19.1. The highest BCUT2D eigenvalue weighted by molar-refractivity contribution is 5.12. The lowest BCUT2D eigenvalue weighted by Gasteiger charge is -2.23. The number of halogens is 1. The van der Waals surface area contributed by atoms with E-state index in [0.29, 0.717) is 12.6 Å². The highest BCUT2D eigenvalue weighted by Gasteiger charge is 2.14. The fourth-order valence-electron chi connectivity index (χ4n) is 1.72. The second kappa shape index (κ2) is 5.07. The first kappa shape index (κ1) is 10.4. The summed E-state index contributed by atoms with van der Waals surface area (Å²) in [6.45, 7) is 1.52. The molecule has 2 heterocycles. The van der Waals surface area contributed by atoms with Gasteiger partial charge in [0.15, 0.2) is 5.82 Å². The van der Waals surface area contributed by atoms with E-state index in [2.05, 4.69) is 10.3 Å². The molecule has 0 spiro atoms. The van der Waals surface area contributed by atoms with Crippen LogP contribution in [0.4, 0.5) is 4.39 Å². The van der Waals surface area contributed by atoms with Gasteiger partial charge in [0.2, 0.25) is 5.88 Å². The topological polar surface area (TPSA) is 34.1 Å². The maximum Gasteiger partial charge on any atom is 0.250 e. The zero-order chi connectivity index (χ0) is 10.5. The van der Waals surface area contributed by atoms with Crippen LogP contribution in [-0.4, -0.2) is 24.2 Å². The molecule has 82 valence electrons. The number of nitrogens with one attached hydrogen (secondary N) is 1. The summed E-state index contributed by atoms with van der Waals surface area (Å²) in [7, 11) is 0. The van der Waals surface area contributed by atoms with Crippen LogP contribution in [0.3, 0.4) is 0 Å². The van der Waals surface area contributed by atoms with Gasteiger partial charge in [0.25, 0.3) is 0 Å². The van der Waals surface area contributed by atoms with Crippen molar-refractivity contribution in [2.45, 2.75) is 25.3 Å². The van der Waals surface area contributed by atoms with Crippen molar-refractivity contribution >= 4 is 0 Å². The third kappa shape index (κ3) is 2.89. The summed E-state index contributed by atoms with van der Waals surface area (Å²) in [5.74, 6) is -0.293. The molecule has 1 fully saturated rings. The van der Waals surface area contributed by atoms with Gasteiger partial charge in [-0.2, -0.15) is 0 Å². The number of piperidine rings is 1. The predicted octanol–water partition coefficient (Wildman–Crippen LogP) is 1.74. The molecule has 0 saturated carbocycles. The molecule has 1 atom stereocenters. The maximum absolute atomic E-state index is 13.1. The van der Waals surface area contributed by atoms with Crippen LogP contribution in [0.1, 0.15) is 19.3 Å². The minimum Gasteiger partial charge on any atom is -0.474 e. The van der Waals surface area contributed by atoms with Gasteiger partial charge < -0.3 is 10.1 Å². The normalized spacial score (nSPS) is 21.3. The molecule has 1 aliphatic heterocycles. The summed E-state index contributed by atoms with van der Waals surface area (Å²) in [5.41, 5.74) is 0. The first-order valence-corrected chi connectivity index (χ1v) is 5.33. The Morgan fingerprint density at radius 3 is 3.20 bits per heavy atom. The van der Waals surface area contributed by atoms with Crippen LogP contribution in [0.15, 0.2) is 18.3 Å². The molecule has 1 N–H and O–H groups in total. The Balaban J connectivity index is 1.84. The molecule has 4 heteroatoms. The second-order valence-corrected chi connectivity index (χ2v) is 3.75. The number of rotatable bonds is 3. The number of pyridine rings is 1. The molecule has 1 saturated heterocycles. The zero-order valence-corrected chi connectivity index (χ0v) is 8.58. The fraction of sp³-hybridized carbons (Fsp3) is 0.545. The Bertz CT molecular complexity index is 313. The van der Waals surface area contributed by atoms with Gasteiger partial charge in [-0.3, -0.25) is 0 Å². The van der Waals surface area contributed by atoms with Crippen molar-refractivity contribution in [3.8, 4) is 5.88 Å². The lowest BCUT2D eigenvalue weighted by molar-refractivity contribution is 0.223. The fourth-order valence-corrected chi connectivity index (χ4v) is 1.72. The summed E-state index contributed by atoms with van der Waals surface area (Å²) in [5, 5.41) is 3.33. The molecular formula is C11H15FN2O. The summed E-state index contributed by atoms with van der Waals surface area (Å²) >= 11 is 0. The minimum atomic E-state index is -0.395. The quantitative estimate of drug-likeness (QED) is 0.825. The molecular weight excluding hydrogens is 195 g/mol. The van der Waals surface area contributed by atoms with Gasteiger partial charge in [-0.15, -0.1) is 0 Å². The van der Waals surface area contributed by atoms with E-state index >= 15 is 0 Å². The average Bonchev–Trinajstić information content (AvgIpc) is 2.29. The van der Waals surface area contributed by atoms with E-state index in [4.69, 9.17) is 4.74 Å². The zero-order valence-electron chi connectivity index (χ0n) is 8.58. The third-order valence-corrected chi connectivity index (χ3v) is 2.56. The second-order valence-electron chi connectivity index (χ2n) is 3.75. The number of hydrogen-bond donors (Lipinski definition) is 1. The van der Waals surface area contributed by atoms with Crippen molar-refractivity contribution in [1.82, 2.24) is 10.3 Å². The first-order chi connectivity index (χ1) is 7.36. The van der Waals surface area contributed by atoms with Gasteiger partial charge >= 0.3 is 0 Å². The van der Waals surface area contributed by atoms with Crippen molar-refractivity contribution in [2.24, 2.45) is 0 Å². The smallest absolute Gasteiger partial charge is 0.250 e. The Kier molecular flexibility index (Phi) is 3.50. The summed E-state index contributed by atoms with van der Waals surface area (Å²) < 4.78 is 18.5. The SMILES string of the molecule is Fc1cccnc1OCC1CCCCN1. The summed E-state index contributed by atoms with van der Waals surface area (Å²) in [6, 6.07) is 3.25. The van der Waals surface area contributed by atoms with Crippen molar-refractivity contribution in [1.29, 1.82) is 0 Å². The molecule has 0 amide bonds. The van der Waals surface area contributed by atoms with Gasteiger partial charge in [-0.05, 0) is 31.5 Å². The van der Waals surface area contributed by atoms with Crippen LogP contribution in [0.5, 0.6) is 5.88 Å². The lowest BCUT2D eigenvalue weighted by atomic mass is 10.1. The van der Waals surface area contributed by atoms with Crippen LogP contribution in [0, 0.1) is 5.82 Å². The van der Waals surface area contributed by atoms with Gasteiger partial charge in [0.05, 0.1) is 0 Å². The molecule has 0 radical (unpaired) electrons. The number of ether oxygens (including phenoxy) is 1. The highest BCUT2D eigenvalue weighted by Crippen LogP contribution is 2.13. The predicted molar refractivity (Wildman–Crippen MR) is 55.3 cm³/mol. The Morgan fingerprint density at radius 1 is 1.53 bits per heavy atom. The van der Waals surface area contributed by atoms with Gasteiger partial charge in [0.1, 0.15) is 6.61 Å². The van der Waals surface area contributed by atoms with E-state index in [9.17, 15) is 4.39 Å². The van der Waals surface area contributed by atoms with Crippen molar-refractivity contribution in [3.63, 3.8) is 0 Å². The Labute approximate surface area is 88.7 Å². The molecule has 15 heavy (non-hydrogen) atoms. The molecule has 0 bridgehead atoms. The average molecular weight is 210 g/mol. The first-order valence-electron chi connectivity index (χ1n) is 5.33. The van der Waals surface area contributed by atoms with Crippen molar-refractivity contribution in [3.05, 3.63) is 24.1 Å². The summed E-state index contributed by atoms with van der Waals surface area (Å²) in [6.07, 6.45) is 5.06. The van der Waals surface area contributed by atoms with E-state index in [1.165, 1.54) is 25.1 Å². The molecule has 3 nitrogen and oxygen atoms in total. The van der Waals surface area contributed by atoms with Crippen LogP contribution in [-0.2, 0) is 0 Å². The van der Waals surface area contributed by atoms with Crippen LogP contribution in [0.25, 0.3) is 0 Å². The van der Waals surface area contributed by atoms with E-state index < -0.39 is 5.82 Å². The molecule has 0 aliphatic carbocycles. The molecule has 1 unspecified atom stereocenters. The van der Waals surface area contributed by atoms with Gasteiger partial charge in [-0.1, -0.05) is 6.42 Å². The van der Waals surface area contributed by atoms with E-state index in [0.717, 1.165) is 13.0 Å². The number of nitrogens with zero attached hydrogens (tertiary/aromatic N) is 1. The monoisotopic (exact) mass is 210 g/mol. The van der Waals surface area contributed by atoms with Gasteiger partial charge in [0, 0.05) is 12.2 Å². The maximum atomic E-state index is 13.1. The van der Waals surface area contributed by atoms with Crippen molar-refractivity contribution < 1.29 is 9.13 Å². The molecule has 0 aromatic carbocycles. The molecule has 1 aliphatic rings. The Morgan fingerprint density at radius 2 is 2.47 bits per heavy atom. The van der Waals surface area contributed by atoms with Crippen LogP contribution >= 0.6 is 0 Å². The molecule has 2 rings (SSSR count). The van der Waals surface area contributed by atoms with Crippen molar-refractivity contribution in [2.75, 3.05) is 13.2 Å². The number of aromatic nitrogens is 1. The summed E-state index contributed by atoms with van der Waals surface area (Å²) in [4.78, 5) is 3.84. The van der Waals surface area contributed by atoms with Gasteiger partial charge in [-0.25, -0.2) is 9.37 Å². The molecule has 1 aromatic rings. The van der Waals surface area contributed by atoms with E-state index in [1.54, 1.807) is 6.07 Å². The lowest BCUT2D eigenvalue weighted by Crippen LogP contribution is -2.38. The largest absolute Gasteiger partial charge is 0.474 e. The van der Waals surface area contributed by atoms with E-state index in [-0.39, 0.29) is 5.88 Å².